The lowest BCUT2D eigenvalue weighted by atomic mass is 10.1. The number of hydrogen-bond donors (Lipinski definition) is 2. The molecule has 37 heavy (non-hydrogen) atoms. The van der Waals surface area contributed by atoms with Crippen LogP contribution in [0.25, 0.3) is 16.9 Å². The Kier molecular flexibility index (Phi) is 7.38. The van der Waals surface area contributed by atoms with Crippen LogP contribution in [0.1, 0.15) is 22.8 Å². The van der Waals surface area contributed by atoms with Gasteiger partial charge < -0.3 is 14.2 Å². The van der Waals surface area contributed by atoms with Crippen molar-refractivity contribution in [1.82, 2.24) is 15.2 Å². The Morgan fingerprint density at radius 2 is 1.49 bits per heavy atom. The topological polar surface area (TPSA) is 107 Å². The number of carbonyl (C=O) groups is 1. The molecular weight excluding hydrogens is 479 g/mol. The van der Waals surface area contributed by atoms with Gasteiger partial charge in [-0.25, -0.2) is 14.5 Å². The number of nitrogens with one attached hydrogen (secondary N) is 2. The van der Waals surface area contributed by atoms with E-state index in [9.17, 15) is 14.0 Å². The quantitative estimate of drug-likeness (QED) is 0.277. The fourth-order valence-corrected chi connectivity index (χ4v) is 3.71. The van der Waals surface area contributed by atoms with Gasteiger partial charge in [-0.15, -0.1) is 0 Å². The first-order chi connectivity index (χ1) is 17.8. The van der Waals surface area contributed by atoms with Crippen molar-refractivity contribution < 1.29 is 23.4 Å². The summed E-state index contributed by atoms with van der Waals surface area (Å²) in [5.74, 6) is 0.599. The number of hydrogen-bond acceptors (Lipinski definition) is 6. The van der Waals surface area contributed by atoms with E-state index in [1.807, 2.05) is 0 Å². The number of ether oxygens (including phenoxy) is 3. The Balaban J connectivity index is 1.75. The van der Waals surface area contributed by atoms with Crippen molar-refractivity contribution in [3.05, 3.63) is 94.0 Å². The van der Waals surface area contributed by atoms with E-state index in [0.29, 0.717) is 34.2 Å². The second-order valence-corrected chi connectivity index (χ2v) is 7.95. The number of halogens is 1. The van der Waals surface area contributed by atoms with E-state index in [0.717, 1.165) is 0 Å². The number of carbonyl (C=O) groups excluding carboxylic acids is 1. The third-order valence-corrected chi connectivity index (χ3v) is 5.65. The second-order valence-electron chi connectivity index (χ2n) is 7.95. The molecule has 0 radical (unpaired) electrons. The minimum atomic E-state index is -0.517. The monoisotopic (exact) mass is 504 g/mol. The number of benzene rings is 3. The summed E-state index contributed by atoms with van der Waals surface area (Å²) < 4.78 is 30.4. The minimum Gasteiger partial charge on any atom is -0.497 e. The first-order valence-corrected chi connectivity index (χ1v) is 11.2. The lowest BCUT2D eigenvalue weighted by Crippen LogP contribution is -2.23. The van der Waals surface area contributed by atoms with Crippen LogP contribution in [0.5, 0.6) is 17.2 Å². The van der Waals surface area contributed by atoms with Crippen molar-refractivity contribution in [2.24, 2.45) is 5.10 Å². The van der Waals surface area contributed by atoms with Gasteiger partial charge in [0.15, 0.2) is 0 Å². The first-order valence-electron chi connectivity index (χ1n) is 11.2. The number of hydrazone groups is 1. The summed E-state index contributed by atoms with van der Waals surface area (Å²) in [7, 11) is 4.53. The maximum Gasteiger partial charge on any atom is 0.281 e. The smallest absolute Gasteiger partial charge is 0.281 e. The molecule has 0 saturated carbocycles. The zero-order valence-corrected chi connectivity index (χ0v) is 20.7. The molecule has 1 aromatic heterocycles. The van der Waals surface area contributed by atoms with Crippen molar-refractivity contribution in [2.45, 2.75) is 6.92 Å². The largest absolute Gasteiger partial charge is 0.497 e. The van der Waals surface area contributed by atoms with Crippen LogP contribution < -0.4 is 25.2 Å². The summed E-state index contributed by atoms with van der Waals surface area (Å²) in [6, 6.07) is 17.3. The van der Waals surface area contributed by atoms with Crippen LogP contribution in [-0.2, 0) is 0 Å². The molecule has 0 unspecified atom stereocenters. The van der Waals surface area contributed by atoms with Gasteiger partial charge in [0.1, 0.15) is 23.1 Å². The number of H-pyrrole nitrogens is 1. The lowest BCUT2D eigenvalue weighted by molar-refractivity contribution is 0.0954. The summed E-state index contributed by atoms with van der Waals surface area (Å²) in [5, 5.41) is 7.29. The van der Waals surface area contributed by atoms with Crippen molar-refractivity contribution >= 4 is 11.6 Å². The SMILES string of the molecule is COc1ccc(-c2[nH]n(-c3ccc(F)cc3)c(=O)c2/C(C)=N/NC(=O)c2cc(OC)cc(OC)c2)cc1. The van der Waals surface area contributed by atoms with Crippen LogP contribution in [-0.4, -0.2) is 42.7 Å². The predicted octanol–water partition coefficient (Wildman–Crippen LogP) is 4.15. The van der Waals surface area contributed by atoms with E-state index in [1.165, 1.54) is 43.2 Å². The van der Waals surface area contributed by atoms with Crippen LogP contribution in [0.15, 0.2) is 76.6 Å². The summed E-state index contributed by atoms with van der Waals surface area (Å²) in [6.45, 7) is 1.61. The molecule has 0 atom stereocenters. The highest BCUT2D eigenvalue weighted by Gasteiger charge is 2.20. The fourth-order valence-electron chi connectivity index (χ4n) is 3.71. The molecular formula is C27H25FN4O5. The van der Waals surface area contributed by atoms with Gasteiger partial charge in [-0.05, 0) is 67.6 Å². The highest BCUT2D eigenvalue weighted by atomic mass is 19.1. The maximum absolute atomic E-state index is 13.5. The Bertz CT molecular complexity index is 1480. The average Bonchev–Trinajstić information content (AvgIpc) is 3.28. The van der Waals surface area contributed by atoms with Gasteiger partial charge in [0.25, 0.3) is 11.5 Å². The molecule has 9 nitrogen and oxygen atoms in total. The van der Waals surface area contributed by atoms with Crippen LogP contribution in [0.4, 0.5) is 4.39 Å². The van der Waals surface area contributed by atoms with Gasteiger partial charge in [0.2, 0.25) is 0 Å². The van der Waals surface area contributed by atoms with E-state index in [-0.39, 0.29) is 16.8 Å². The average molecular weight is 505 g/mol. The van der Waals surface area contributed by atoms with Gasteiger partial charge in [0, 0.05) is 17.2 Å². The summed E-state index contributed by atoms with van der Waals surface area (Å²) in [4.78, 5) is 26.3. The number of nitrogens with zero attached hydrogens (tertiary/aromatic N) is 2. The van der Waals surface area contributed by atoms with Gasteiger partial charge in [-0.3, -0.25) is 14.7 Å². The second kappa shape index (κ2) is 10.8. The Morgan fingerprint density at radius 3 is 2.05 bits per heavy atom. The van der Waals surface area contributed by atoms with Crippen molar-refractivity contribution in [2.75, 3.05) is 21.3 Å². The summed E-state index contributed by atoms with van der Waals surface area (Å²) >= 11 is 0. The zero-order valence-electron chi connectivity index (χ0n) is 20.7. The molecule has 0 aliphatic heterocycles. The van der Waals surface area contributed by atoms with Crippen LogP contribution in [0.3, 0.4) is 0 Å². The molecule has 0 spiro atoms. The summed E-state index contributed by atoms with van der Waals surface area (Å²) in [5.41, 5.74) is 4.42. The number of methoxy groups -OCH3 is 3. The number of aromatic amines is 1. The molecule has 3 aromatic carbocycles. The third-order valence-electron chi connectivity index (χ3n) is 5.65. The van der Waals surface area contributed by atoms with Crippen LogP contribution >= 0.6 is 0 Å². The van der Waals surface area contributed by atoms with E-state index in [4.69, 9.17) is 14.2 Å². The number of aromatic nitrogens is 2. The van der Waals surface area contributed by atoms with E-state index >= 15 is 0 Å². The van der Waals surface area contributed by atoms with Gasteiger partial charge in [-0.1, -0.05) is 0 Å². The van der Waals surface area contributed by atoms with Gasteiger partial charge >= 0.3 is 0 Å². The van der Waals surface area contributed by atoms with Crippen molar-refractivity contribution in [1.29, 1.82) is 0 Å². The molecule has 4 rings (SSSR count). The summed E-state index contributed by atoms with van der Waals surface area (Å²) in [6.07, 6.45) is 0. The third kappa shape index (κ3) is 5.37. The van der Waals surface area contributed by atoms with Crippen molar-refractivity contribution in [3.63, 3.8) is 0 Å². The Morgan fingerprint density at radius 1 is 0.892 bits per heavy atom. The Hall–Kier alpha value is -4.86. The molecule has 1 heterocycles. The molecule has 10 heteroatoms. The number of amides is 1. The Labute approximate surface area is 212 Å². The molecule has 0 bridgehead atoms. The van der Waals surface area contributed by atoms with Gasteiger partial charge in [-0.2, -0.15) is 5.10 Å². The lowest BCUT2D eigenvalue weighted by Gasteiger charge is -2.08. The highest BCUT2D eigenvalue weighted by Crippen LogP contribution is 2.25. The predicted molar refractivity (Wildman–Crippen MR) is 138 cm³/mol. The normalized spacial score (nSPS) is 11.2. The molecule has 0 fully saturated rings. The standard InChI is InChI=1S/C27H25FN4O5/c1-16(29-30-26(33)18-13-22(36-3)15-23(14-18)37-4)24-25(17-5-11-21(35-2)12-6-17)31-32(27(24)34)20-9-7-19(28)8-10-20/h5-15,31H,1-4H3,(H,30,33)/b29-16+. The molecule has 2 N–H and O–H groups in total. The van der Waals surface area contributed by atoms with Crippen LogP contribution in [0, 0.1) is 5.82 Å². The maximum atomic E-state index is 13.5. The zero-order chi connectivity index (χ0) is 26.5. The van der Waals surface area contributed by atoms with Gasteiger partial charge in [0.05, 0.1) is 44.0 Å². The fraction of sp³-hybridized carbons (Fsp3) is 0.148. The highest BCUT2D eigenvalue weighted by molar-refractivity contribution is 6.04. The van der Waals surface area contributed by atoms with E-state index < -0.39 is 17.3 Å². The van der Waals surface area contributed by atoms with E-state index in [2.05, 4.69) is 15.6 Å². The van der Waals surface area contributed by atoms with Crippen molar-refractivity contribution in [3.8, 4) is 34.2 Å². The molecule has 1 amide bonds. The minimum absolute atomic E-state index is 0.234. The van der Waals surface area contributed by atoms with Crippen LogP contribution in [0.2, 0.25) is 0 Å². The molecule has 0 aliphatic rings. The molecule has 4 aromatic rings. The molecule has 0 saturated heterocycles. The molecule has 0 aliphatic carbocycles. The number of rotatable bonds is 8. The van der Waals surface area contributed by atoms with E-state index in [1.54, 1.807) is 56.5 Å². The first kappa shape index (κ1) is 25.2. The molecule has 190 valence electrons.